The Hall–Kier alpha value is -2.15. The zero-order valence-corrected chi connectivity index (χ0v) is 14.7. The molecule has 0 saturated carbocycles. The summed E-state index contributed by atoms with van der Waals surface area (Å²) in [5, 5.41) is 1.20. The van der Waals surface area contributed by atoms with Crippen molar-refractivity contribution >= 4 is 10.9 Å². The summed E-state index contributed by atoms with van der Waals surface area (Å²) in [5.74, 6) is 0.570. The molecule has 0 saturated heterocycles. The number of benzene rings is 2. The zero-order valence-electron chi connectivity index (χ0n) is 14.7. The highest BCUT2D eigenvalue weighted by Crippen LogP contribution is 2.28. The second kappa shape index (κ2) is 5.81. The summed E-state index contributed by atoms with van der Waals surface area (Å²) < 4.78 is 0. The summed E-state index contributed by atoms with van der Waals surface area (Å²) in [6.07, 6.45) is 0. The van der Waals surface area contributed by atoms with Gasteiger partial charge in [0.25, 0.3) is 0 Å². The van der Waals surface area contributed by atoms with Crippen molar-refractivity contribution in [3.63, 3.8) is 0 Å². The van der Waals surface area contributed by atoms with Gasteiger partial charge < -0.3 is 0 Å². The quantitative estimate of drug-likeness (QED) is 0.539. The number of hydrogen-bond donors (Lipinski definition) is 0. The predicted molar refractivity (Wildman–Crippen MR) is 100.0 cm³/mol. The first kappa shape index (κ1) is 15.7. The van der Waals surface area contributed by atoms with Gasteiger partial charge in [-0.05, 0) is 40.8 Å². The Kier molecular flexibility index (Phi) is 3.97. The van der Waals surface area contributed by atoms with E-state index >= 15 is 0 Å². The second-order valence-electron chi connectivity index (χ2n) is 7.63. The fraction of sp³-hybridized carbons (Fsp3) is 0.318. The number of rotatable bonds is 2. The van der Waals surface area contributed by atoms with E-state index in [0.717, 1.165) is 11.2 Å². The lowest BCUT2D eigenvalue weighted by Gasteiger charge is -2.18. The molecule has 0 aliphatic carbocycles. The van der Waals surface area contributed by atoms with Crippen molar-refractivity contribution in [1.82, 2.24) is 4.98 Å². The van der Waals surface area contributed by atoms with Crippen LogP contribution < -0.4 is 0 Å². The van der Waals surface area contributed by atoms with Crippen molar-refractivity contribution in [3.8, 4) is 11.1 Å². The molecule has 0 fully saturated rings. The standard InChI is InChI=1S/C22H25N/c1-15(2)16-6-8-17(9-7-16)18-10-12-20-19(14-18)11-13-21(23-20)22(3,4)5/h6-15H,1-5H3. The van der Waals surface area contributed by atoms with Crippen LogP contribution in [-0.2, 0) is 5.41 Å². The molecule has 0 N–H and O–H groups in total. The van der Waals surface area contributed by atoms with E-state index in [1.165, 1.54) is 22.1 Å². The molecule has 1 nitrogen and oxygen atoms in total. The van der Waals surface area contributed by atoms with Crippen LogP contribution in [0.1, 0.15) is 51.8 Å². The Morgan fingerprint density at radius 1 is 0.783 bits per heavy atom. The molecular formula is C22H25N. The fourth-order valence-corrected chi connectivity index (χ4v) is 2.78. The smallest absolute Gasteiger partial charge is 0.0705 e. The van der Waals surface area contributed by atoms with E-state index in [1.807, 2.05) is 0 Å². The van der Waals surface area contributed by atoms with E-state index in [1.54, 1.807) is 0 Å². The molecule has 0 aliphatic rings. The molecule has 0 bridgehead atoms. The van der Waals surface area contributed by atoms with Crippen molar-refractivity contribution < 1.29 is 0 Å². The second-order valence-corrected chi connectivity index (χ2v) is 7.63. The van der Waals surface area contributed by atoms with Gasteiger partial charge in [0.1, 0.15) is 0 Å². The van der Waals surface area contributed by atoms with Gasteiger partial charge in [0.15, 0.2) is 0 Å². The van der Waals surface area contributed by atoms with Gasteiger partial charge in [0.2, 0.25) is 0 Å². The van der Waals surface area contributed by atoms with Gasteiger partial charge in [0, 0.05) is 16.5 Å². The maximum absolute atomic E-state index is 4.82. The van der Waals surface area contributed by atoms with Gasteiger partial charge in [-0.2, -0.15) is 0 Å². The average Bonchev–Trinajstić information content (AvgIpc) is 2.53. The van der Waals surface area contributed by atoms with Crippen LogP contribution >= 0.6 is 0 Å². The minimum absolute atomic E-state index is 0.0829. The summed E-state index contributed by atoms with van der Waals surface area (Å²) in [6, 6.07) is 19.8. The van der Waals surface area contributed by atoms with E-state index in [0.29, 0.717) is 5.92 Å². The predicted octanol–water partition coefficient (Wildman–Crippen LogP) is 6.32. The van der Waals surface area contributed by atoms with E-state index in [9.17, 15) is 0 Å². The highest BCUT2D eigenvalue weighted by Gasteiger charge is 2.15. The Morgan fingerprint density at radius 2 is 1.43 bits per heavy atom. The van der Waals surface area contributed by atoms with Gasteiger partial charge in [0.05, 0.1) is 5.52 Å². The van der Waals surface area contributed by atoms with Crippen LogP contribution in [0.3, 0.4) is 0 Å². The minimum atomic E-state index is 0.0829. The van der Waals surface area contributed by atoms with Gasteiger partial charge >= 0.3 is 0 Å². The molecular weight excluding hydrogens is 278 g/mol. The molecule has 0 amide bonds. The molecule has 2 aromatic carbocycles. The maximum atomic E-state index is 4.82. The summed E-state index contributed by atoms with van der Waals surface area (Å²) in [6.45, 7) is 11.1. The van der Waals surface area contributed by atoms with Gasteiger partial charge in [-0.1, -0.05) is 71.0 Å². The Balaban J connectivity index is 2.00. The maximum Gasteiger partial charge on any atom is 0.0705 e. The molecule has 118 valence electrons. The van der Waals surface area contributed by atoms with Crippen LogP contribution in [0.5, 0.6) is 0 Å². The Bertz CT molecular complexity index is 821. The SMILES string of the molecule is CC(C)c1ccc(-c2ccc3nc(C(C)(C)C)ccc3c2)cc1. The lowest BCUT2D eigenvalue weighted by Crippen LogP contribution is -2.13. The van der Waals surface area contributed by atoms with Gasteiger partial charge in [-0.3, -0.25) is 4.98 Å². The number of nitrogens with zero attached hydrogens (tertiary/aromatic N) is 1. The fourth-order valence-electron chi connectivity index (χ4n) is 2.78. The number of pyridine rings is 1. The van der Waals surface area contributed by atoms with Crippen LogP contribution in [0.2, 0.25) is 0 Å². The molecule has 0 atom stereocenters. The van der Waals surface area contributed by atoms with Crippen molar-refractivity contribution in [3.05, 3.63) is 65.9 Å². The van der Waals surface area contributed by atoms with Gasteiger partial charge in [-0.15, -0.1) is 0 Å². The van der Waals surface area contributed by atoms with E-state index in [-0.39, 0.29) is 5.41 Å². The molecule has 23 heavy (non-hydrogen) atoms. The Labute approximate surface area is 139 Å². The van der Waals surface area contributed by atoms with Crippen LogP contribution in [0, 0.1) is 0 Å². The number of aromatic nitrogens is 1. The first-order chi connectivity index (χ1) is 10.8. The van der Waals surface area contributed by atoms with Crippen LogP contribution in [-0.4, -0.2) is 4.98 Å². The summed E-state index contributed by atoms with van der Waals surface area (Å²) in [5.41, 5.74) is 6.18. The normalized spacial score (nSPS) is 12.1. The molecule has 1 heteroatoms. The molecule has 0 unspecified atom stereocenters. The molecule has 0 radical (unpaired) electrons. The third-order valence-corrected chi connectivity index (χ3v) is 4.37. The monoisotopic (exact) mass is 303 g/mol. The van der Waals surface area contributed by atoms with Crippen LogP contribution in [0.25, 0.3) is 22.0 Å². The highest BCUT2D eigenvalue weighted by atomic mass is 14.7. The molecule has 1 aromatic heterocycles. The third kappa shape index (κ3) is 3.29. The molecule has 0 spiro atoms. The van der Waals surface area contributed by atoms with E-state index < -0.39 is 0 Å². The summed E-state index contributed by atoms with van der Waals surface area (Å²) >= 11 is 0. The van der Waals surface area contributed by atoms with E-state index in [4.69, 9.17) is 4.98 Å². The average molecular weight is 303 g/mol. The first-order valence-corrected chi connectivity index (χ1v) is 8.36. The van der Waals surface area contributed by atoms with Crippen molar-refractivity contribution in [1.29, 1.82) is 0 Å². The van der Waals surface area contributed by atoms with Crippen molar-refractivity contribution in [2.24, 2.45) is 0 Å². The summed E-state index contributed by atoms with van der Waals surface area (Å²) in [7, 11) is 0. The van der Waals surface area contributed by atoms with Crippen LogP contribution in [0.15, 0.2) is 54.6 Å². The lowest BCUT2D eigenvalue weighted by atomic mass is 9.91. The third-order valence-electron chi connectivity index (χ3n) is 4.37. The largest absolute Gasteiger partial charge is 0.252 e. The number of fused-ring (bicyclic) bond motifs is 1. The van der Waals surface area contributed by atoms with Crippen LogP contribution in [0.4, 0.5) is 0 Å². The zero-order chi connectivity index (χ0) is 16.6. The summed E-state index contributed by atoms with van der Waals surface area (Å²) in [4.78, 5) is 4.82. The molecule has 1 heterocycles. The number of hydrogen-bond acceptors (Lipinski definition) is 1. The highest BCUT2D eigenvalue weighted by molar-refractivity contribution is 5.84. The molecule has 3 aromatic rings. The molecule has 3 rings (SSSR count). The Morgan fingerprint density at radius 3 is 2.04 bits per heavy atom. The van der Waals surface area contributed by atoms with Crippen molar-refractivity contribution in [2.75, 3.05) is 0 Å². The lowest BCUT2D eigenvalue weighted by molar-refractivity contribution is 0.571. The van der Waals surface area contributed by atoms with Gasteiger partial charge in [-0.25, -0.2) is 0 Å². The van der Waals surface area contributed by atoms with Crippen molar-refractivity contribution in [2.45, 2.75) is 46.0 Å². The van der Waals surface area contributed by atoms with E-state index in [2.05, 4.69) is 89.2 Å². The topological polar surface area (TPSA) is 12.9 Å². The minimum Gasteiger partial charge on any atom is -0.252 e. The first-order valence-electron chi connectivity index (χ1n) is 8.36. The molecule has 0 aliphatic heterocycles.